The molecule has 2 aliphatic heterocycles. The Hall–Kier alpha value is -2.83. The monoisotopic (exact) mass is 373 g/mol. The number of ether oxygens (including phenoxy) is 2. The zero-order valence-electron chi connectivity index (χ0n) is 15.3. The van der Waals surface area contributed by atoms with Crippen LogP contribution >= 0.6 is 0 Å². The largest absolute Gasteiger partial charge is 0.483 e. The number of carbonyl (C=O) groups excluding carboxylic acids is 2. The Morgan fingerprint density at radius 1 is 1.33 bits per heavy atom. The number of aryl methyl sites for hydroxylation is 2. The summed E-state index contributed by atoms with van der Waals surface area (Å²) in [5, 5.41) is 0. The Balaban J connectivity index is 1.75. The van der Waals surface area contributed by atoms with Gasteiger partial charge in [0.25, 0.3) is 5.91 Å². The van der Waals surface area contributed by atoms with Crippen molar-refractivity contribution >= 4 is 11.9 Å². The number of esters is 1. The highest BCUT2D eigenvalue weighted by Gasteiger charge is 2.55. The van der Waals surface area contributed by atoms with Gasteiger partial charge in [-0.1, -0.05) is 12.1 Å². The van der Waals surface area contributed by atoms with E-state index in [0.29, 0.717) is 22.6 Å². The number of rotatable bonds is 3. The van der Waals surface area contributed by atoms with Crippen molar-refractivity contribution in [3.63, 3.8) is 0 Å². The molecule has 6 nitrogen and oxygen atoms in total. The minimum Gasteiger partial charge on any atom is -0.483 e. The van der Waals surface area contributed by atoms with Crippen LogP contribution in [-0.2, 0) is 9.53 Å². The second-order valence-electron chi connectivity index (χ2n) is 6.83. The standard InChI is InChI=1S/C20H20FNO5/c1-4-25-20(24)14-9-22(19(23)13-8-10(2)26-11(13)3)16-12-6-5-7-15(21)17(12)27-18(14)16/h5-8,14,16,18H,4,9H2,1-3H3/t14-,16+,18+/m1/s1. The van der Waals surface area contributed by atoms with E-state index in [-0.39, 0.29) is 24.8 Å². The molecule has 27 heavy (non-hydrogen) atoms. The van der Waals surface area contributed by atoms with Crippen molar-refractivity contribution in [1.29, 1.82) is 0 Å². The van der Waals surface area contributed by atoms with Gasteiger partial charge in [0.1, 0.15) is 23.5 Å². The second-order valence-corrected chi connectivity index (χ2v) is 6.83. The van der Waals surface area contributed by atoms with Crippen molar-refractivity contribution in [3.05, 3.63) is 52.7 Å². The summed E-state index contributed by atoms with van der Waals surface area (Å²) in [4.78, 5) is 27.2. The molecule has 0 aliphatic carbocycles. The lowest BCUT2D eigenvalue weighted by molar-refractivity contribution is -0.149. The first kappa shape index (κ1) is 17.6. The van der Waals surface area contributed by atoms with Gasteiger partial charge >= 0.3 is 5.97 Å². The number of furan rings is 1. The van der Waals surface area contributed by atoms with Crippen LogP contribution in [0.2, 0.25) is 0 Å². The molecule has 1 aromatic carbocycles. The van der Waals surface area contributed by atoms with Crippen LogP contribution in [0.4, 0.5) is 4.39 Å². The summed E-state index contributed by atoms with van der Waals surface area (Å²) >= 11 is 0. The molecule has 0 spiro atoms. The van der Waals surface area contributed by atoms with Gasteiger partial charge < -0.3 is 18.8 Å². The predicted molar refractivity (Wildman–Crippen MR) is 92.9 cm³/mol. The van der Waals surface area contributed by atoms with E-state index in [2.05, 4.69) is 0 Å². The minimum atomic E-state index is -0.681. The fourth-order valence-electron chi connectivity index (χ4n) is 4.00. The molecule has 1 fully saturated rings. The van der Waals surface area contributed by atoms with Gasteiger partial charge in [-0.3, -0.25) is 9.59 Å². The van der Waals surface area contributed by atoms with Crippen LogP contribution in [0.25, 0.3) is 0 Å². The molecule has 2 aromatic rings. The van der Waals surface area contributed by atoms with Gasteiger partial charge in [-0.15, -0.1) is 0 Å². The molecule has 1 amide bonds. The Labute approximate surface area is 155 Å². The molecule has 0 unspecified atom stereocenters. The summed E-state index contributed by atoms with van der Waals surface area (Å²) in [7, 11) is 0. The van der Waals surface area contributed by atoms with E-state index in [1.165, 1.54) is 6.07 Å². The van der Waals surface area contributed by atoms with E-state index in [1.54, 1.807) is 43.9 Å². The topological polar surface area (TPSA) is 69.0 Å². The third kappa shape index (κ3) is 2.69. The number of benzene rings is 1. The molecule has 0 bridgehead atoms. The van der Waals surface area contributed by atoms with Crippen LogP contribution in [0.1, 0.15) is 40.4 Å². The summed E-state index contributed by atoms with van der Waals surface area (Å²) < 4.78 is 30.7. The first-order chi connectivity index (χ1) is 12.9. The molecule has 1 aromatic heterocycles. The number of hydrogen-bond donors (Lipinski definition) is 0. The highest BCUT2D eigenvalue weighted by molar-refractivity contribution is 5.96. The molecule has 7 heteroatoms. The normalized spacial score (nSPS) is 23.0. The Morgan fingerprint density at radius 3 is 2.78 bits per heavy atom. The maximum Gasteiger partial charge on any atom is 0.314 e. The zero-order chi connectivity index (χ0) is 19.3. The molecule has 0 radical (unpaired) electrons. The summed E-state index contributed by atoms with van der Waals surface area (Å²) in [6.07, 6.45) is -0.673. The van der Waals surface area contributed by atoms with Crippen molar-refractivity contribution in [2.24, 2.45) is 5.92 Å². The SMILES string of the molecule is CCOC(=O)[C@@H]1CN(C(=O)c2cc(C)oc2C)[C@H]2c3cccc(F)c3O[C@@H]12. The highest BCUT2D eigenvalue weighted by atomic mass is 19.1. The molecule has 2 aliphatic rings. The average molecular weight is 373 g/mol. The van der Waals surface area contributed by atoms with E-state index in [4.69, 9.17) is 13.9 Å². The fraction of sp³-hybridized carbons (Fsp3) is 0.400. The van der Waals surface area contributed by atoms with Crippen LogP contribution in [-0.4, -0.2) is 36.0 Å². The van der Waals surface area contributed by atoms with Gasteiger partial charge in [0.15, 0.2) is 11.6 Å². The number of nitrogens with zero attached hydrogens (tertiary/aromatic N) is 1. The van der Waals surface area contributed by atoms with Crippen molar-refractivity contribution in [1.82, 2.24) is 4.90 Å². The minimum absolute atomic E-state index is 0.0967. The molecule has 3 atom stereocenters. The lowest BCUT2D eigenvalue weighted by atomic mass is 9.98. The van der Waals surface area contributed by atoms with E-state index >= 15 is 0 Å². The summed E-state index contributed by atoms with van der Waals surface area (Å²) in [6.45, 7) is 5.57. The number of halogens is 1. The smallest absolute Gasteiger partial charge is 0.314 e. The van der Waals surface area contributed by atoms with Crippen LogP contribution in [0.15, 0.2) is 28.7 Å². The Morgan fingerprint density at radius 2 is 2.11 bits per heavy atom. The van der Waals surface area contributed by atoms with Crippen LogP contribution in [0.3, 0.4) is 0 Å². The number of para-hydroxylation sites is 1. The van der Waals surface area contributed by atoms with Crippen LogP contribution in [0.5, 0.6) is 5.75 Å². The summed E-state index contributed by atoms with van der Waals surface area (Å²) in [5.41, 5.74) is 0.999. The van der Waals surface area contributed by atoms with Gasteiger partial charge in [0.2, 0.25) is 0 Å². The lowest BCUT2D eigenvalue weighted by Gasteiger charge is -2.22. The predicted octanol–water partition coefficient (Wildman–Crippen LogP) is 3.17. The second kappa shape index (κ2) is 6.40. The fourth-order valence-corrected chi connectivity index (χ4v) is 4.00. The van der Waals surface area contributed by atoms with Crippen LogP contribution < -0.4 is 4.74 Å². The molecule has 142 valence electrons. The molecule has 3 heterocycles. The number of amides is 1. The molecule has 4 rings (SSSR count). The van der Waals surface area contributed by atoms with Crippen molar-refractivity contribution < 1.29 is 27.9 Å². The summed E-state index contributed by atoms with van der Waals surface area (Å²) in [6, 6.07) is 5.73. The third-order valence-corrected chi connectivity index (χ3v) is 5.13. The first-order valence-corrected chi connectivity index (χ1v) is 8.92. The van der Waals surface area contributed by atoms with E-state index < -0.39 is 29.9 Å². The van der Waals surface area contributed by atoms with Crippen LogP contribution in [0, 0.1) is 25.6 Å². The first-order valence-electron chi connectivity index (χ1n) is 8.92. The van der Waals surface area contributed by atoms with E-state index in [1.807, 2.05) is 0 Å². The quantitative estimate of drug-likeness (QED) is 0.773. The Kier molecular flexibility index (Phi) is 4.17. The molecule has 0 saturated carbocycles. The number of likely N-dealkylation sites (tertiary alicyclic amines) is 1. The number of carbonyl (C=O) groups is 2. The van der Waals surface area contributed by atoms with Gasteiger partial charge in [-0.05, 0) is 32.9 Å². The van der Waals surface area contributed by atoms with E-state index in [9.17, 15) is 14.0 Å². The van der Waals surface area contributed by atoms with E-state index in [0.717, 1.165) is 0 Å². The maximum atomic E-state index is 14.2. The molecular formula is C20H20FNO5. The number of hydrogen-bond acceptors (Lipinski definition) is 5. The molecule has 0 N–H and O–H groups in total. The van der Waals surface area contributed by atoms with Gasteiger partial charge in [-0.2, -0.15) is 0 Å². The summed E-state index contributed by atoms with van der Waals surface area (Å²) in [5.74, 6) is -0.678. The van der Waals surface area contributed by atoms with Gasteiger partial charge in [-0.25, -0.2) is 4.39 Å². The zero-order valence-corrected chi connectivity index (χ0v) is 15.3. The average Bonchev–Trinajstić information content (AvgIpc) is 3.27. The third-order valence-electron chi connectivity index (χ3n) is 5.13. The van der Waals surface area contributed by atoms with Crippen molar-refractivity contribution in [2.45, 2.75) is 32.9 Å². The number of fused-ring (bicyclic) bond motifs is 3. The van der Waals surface area contributed by atoms with Crippen molar-refractivity contribution in [2.75, 3.05) is 13.2 Å². The Bertz CT molecular complexity index is 921. The van der Waals surface area contributed by atoms with Gasteiger partial charge in [0, 0.05) is 12.1 Å². The lowest BCUT2D eigenvalue weighted by Crippen LogP contribution is -2.32. The maximum absolute atomic E-state index is 14.2. The van der Waals surface area contributed by atoms with Gasteiger partial charge in [0.05, 0.1) is 18.2 Å². The van der Waals surface area contributed by atoms with Crippen molar-refractivity contribution in [3.8, 4) is 5.75 Å². The molecular weight excluding hydrogens is 353 g/mol. The molecule has 1 saturated heterocycles. The highest BCUT2D eigenvalue weighted by Crippen LogP contribution is 2.49.